The molecule has 0 atom stereocenters. The first-order chi connectivity index (χ1) is 18.3. The van der Waals surface area contributed by atoms with Crippen molar-refractivity contribution >= 4 is 16.9 Å². The van der Waals surface area contributed by atoms with Crippen LogP contribution in [-0.2, 0) is 17.7 Å². The summed E-state index contributed by atoms with van der Waals surface area (Å²) in [6, 6.07) is 6.12. The van der Waals surface area contributed by atoms with Crippen LogP contribution in [0.15, 0.2) is 35.3 Å². The highest BCUT2D eigenvalue weighted by Gasteiger charge is 2.25. The molecule has 1 fully saturated rings. The molecule has 3 N–H and O–H groups in total. The monoisotopic (exact) mass is 530 g/mol. The van der Waals surface area contributed by atoms with Gasteiger partial charge in [-0.3, -0.25) is 19.1 Å². The van der Waals surface area contributed by atoms with Gasteiger partial charge in [-0.2, -0.15) is 8.78 Å². The number of unbranched alkanes of at least 4 members (excludes halogenated alkanes) is 2. The molecule has 0 bridgehead atoms. The van der Waals surface area contributed by atoms with Gasteiger partial charge in [-0.25, -0.2) is 4.98 Å². The minimum absolute atomic E-state index is 0.0147. The number of alkyl halides is 2. The Hall–Kier alpha value is -3.57. The second kappa shape index (κ2) is 12.3. The number of aromatic nitrogens is 2. The van der Waals surface area contributed by atoms with Crippen LogP contribution in [-0.4, -0.2) is 64.9 Å². The van der Waals surface area contributed by atoms with Crippen molar-refractivity contribution in [2.24, 2.45) is 5.73 Å². The van der Waals surface area contributed by atoms with Crippen molar-refractivity contribution in [3.05, 3.63) is 51.9 Å². The number of hydrogen-bond donors (Lipinski definition) is 2. The molecule has 3 aromatic rings. The van der Waals surface area contributed by atoms with E-state index in [1.807, 2.05) is 0 Å². The number of aryl methyl sites for hydroxylation is 1. The van der Waals surface area contributed by atoms with Crippen molar-refractivity contribution in [1.82, 2.24) is 14.5 Å². The van der Waals surface area contributed by atoms with Crippen LogP contribution < -0.4 is 16.0 Å². The minimum Gasteiger partial charge on any atom is -0.506 e. The molecule has 11 heteroatoms. The highest BCUT2D eigenvalue weighted by atomic mass is 19.3. The molecule has 204 valence electrons. The smallest absolute Gasteiger partial charge is 0.387 e. The first-order valence-corrected chi connectivity index (χ1v) is 12.7. The van der Waals surface area contributed by atoms with Gasteiger partial charge >= 0.3 is 6.61 Å². The lowest BCUT2D eigenvalue weighted by atomic mass is 9.93. The zero-order valence-electron chi connectivity index (χ0n) is 21.3. The standard InChI is InChI=1S/C27H32F2N4O5/c1-2-3-4-5-19-20(17-6-8-18(9-7-17)38-27(28)29)16-31-25-21(19)23(34)22(24(30)35)26(36)33(25)11-10-32-12-14-37-15-13-32/h6-9,16,27,34H,2-5,10-15H2,1H3,(H2,30,35). The van der Waals surface area contributed by atoms with Gasteiger partial charge in [0, 0.05) is 37.9 Å². The van der Waals surface area contributed by atoms with Gasteiger partial charge in [-0.1, -0.05) is 31.9 Å². The highest BCUT2D eigenvalue weighted by molar-refractivity contribution is 6.03. The van der Waals surface area contributed by atoms with E-state index in [2.05, 4.69) is 21.5 Å². The van der Waals surface area contributed by atoms with E-state index in [0.29, 0.717) is 48.3 Å². The molecule has 4 rings (SSSR count). The van der Waals surface area contributed by atoms with E-state index in [9.17, 15) is 23.5 Å². The SMILES string of the molecule is CCCCCc1c(-c2ccc(OC(F)F)cc2)cnc2c1c(O)c(C(N)=O)c(=O)n2CCN1CCOCC1. The maximum Gasteiger partial charge on any atom is 0.387 e. The minimum atomic E-state index is -2.94. The Morgan fingerprint density at radius 1 is 1.18 bits per heavy atom. The fourth-order valence-electron chi connectivity index (χ4n) is 4.82. The molecular formula is C27H32F2N4O5. The van der Waals surface area contributed by atoms with E-state index in [1.165, 1.54) is 16.7 Å². The van der Waals surface area contributed by atoms with Crippen molar-refractivity contribution in [3.63, 3.8) is 0 Å². The average Bonchev–Trinajstić information content (AvgIpc) is 2.89. The summed E-state index contributed by atoms with van der Waals surface area (Å²) in [5.41, 5.74) is 6.67. The van der Waals surface area contributed by atoms with Crippen molar-refractivity contribution in [2.75, 3.05) is 32.8 Å². The predicted octanol–water partition coefficient (Wildman–Crippen LogP) is 3.53. The number of primary amides is 1. The molecular weight excluding hydrogens is 498 g/mol. The number of carbonyl (C=O) groups is 1. The number of pyridine rings is 2. The molecule has 0 radical (unpaired) electrons. The number of halogens is 2. The van der Waals surface area contributed by atoms with Gasteiger partial charge in [0.05, 0.1) is 18.6 Å². The Morgan fingerprint density at radius 3 is 2.53 bits per heavy atom. The number of rotatable bonds is 11. The lowest BCUT2D eigenvalue weighted by molar-refractivity contribution is -0.0498. The molecule has 0 aliphatic carbocycles. The molecule has 1 aliphatic rings. The molecule has 2 aromatic heterocycles. The number of carbonyl (C=O) groups excluding carboxylic acids is 1. The summed E-state index contributed by atoms with van der Waals surface area (Å²) in [5.74, 6) is -1.49. The van der Waals surface area contributed by atoms with Crippen LogP contribution in [0.5, 0.6) is 11.5 Å². The van der Waals surface area contributed by atoms with Gasteiger partial charge in [0.15, 0.2) is 0 Å². The Kier molecular flexibility index (Phi) is 8.90. The molecule has 0 unspecified atom stereocenters. The van der Waals surface area contributed by atoms with E-state index in [1.54, 1.807) is 18.3 Å². The summed E-state index contributed by atoms with van der Waals surface area (Å²) in [5, 5.41) is 11.5. The molecule has 3 heterocycles. The lowest BCUT2D eigenvalue weighted by Gasteiger charge is -2.27. The van der Waals surface area contributed by atoms with Gasteiger partial charge < -0.3 is 20.3 Å². The number of amides is 1. The summed E-state index contributed by atoms with van der Waals surface area (Å²) in [4.78, 5) is 32.3. The summed E-state index contributed by atoms with van der Waals surface area (Å²) in [6.45, 7) is 2.55. The van der Waals surface area contributed by atoms with Gasteiger partial charge in [-0.15, -0.1) is 0 Å². The van der Waals surface area contributed by atoms with Crippen LogP contribution in [0.25, 0.3) is 22.2 Å². The largest absolute Gasteiger partial charge is 0.506 e. The average molecular weight is 531 g/mol. The first kappa shape index (κ1) is 27.5. The Morgan fingerprint density at radius 2 is 1.89 bits per heavy atom. The fourth-order valence-corrected chi connectivity index (χ4v) is 4.82. The van der Waals surface area contributed by atoms with E-state index in [4.69, 9.17) is 10.5 Å². The lowest BCUT2D eigenvalue weighted by Crippen LogP contribution is -2.40. The second-order valence-corrected chi connectivity index (χ2v) is 9.21. The van der Waals surface area contributed by atoms with Crippen molar-refractivity contribution < 1.29 is 28.2 Å². The summed E-state index contributed by atoms with van der Waals surface area (Å²) < 4.78 is 36.5. The molecule has 0 saturated carbocycles. The number of fused-ring (bicyclic) bond motifs is 1. The first-order valence-electron chi connectivity index (χ1n) is 12.7. The molecule has 1 aliphatic heterocycles. The summed E-state index contributed by atoms with van der Waals surface area (Å²) in [7, 11) is 0. The third kappa shape index (κ3) is 5.94. The van der Waals surface area contributed by atoms with E-state index in [-0.39, 0.29) is 17.9 Å². The van der Waals surface area contributed by atoms with Gasteiger partial charge in [-0.05, 0) is 36.1 Å². The quantitative estimate of drug-likeness (QED) is 0.364. The molecule has 9 nitrogen and oxygen atoms in total. The van der Waals surface area contributed by atoms with Crippen molar-refractivity contribution in [1.29, 1.82) is 0 Å². The number of hydrogen-bond acceptors (Lipinski definition) is 7. The number of nitrogens with zero attached hydrogens (tertiary/aromatic N) is 3. The van der Waals surface area contributed by atoms with Gasteiger partial charge in [0.1, 0.15) is 22.7 Å². The van der Waals surface area contributed by atoms with Crippen molar-refractivity contribution in [2.45, 2.75) is 45.8 Å². The number of aromatic hydroxyl groups is 1. The number of benzene rings is 1. The second-order valence-electron chi connectivity index (χ2n) is 9.21. The molecule has 38 heavy (non-hydrogen) atoms. The van der Waals surface area contributed by atoms with Crippen LogP contribution in [0.2, 0.25) is 0 Å². The Balaban J connectivity index is 1.88. The fraction of sp³-hybridized carbons (Fsp3) is 0.444. The molecule has 1 amide bonds. The number of nitrogens with two attached hydrogens (primary N) is 1. The zero-order valence-corrected chi connectivity index (χ0v) is 21.3. The van der Waals surface area contributed by atoms with Crippen LogP contribution in [0.3, 0.4) is 0 Å². The highest BCUT2D eigenvalue weighted by Crippen LogP contribution is 2.36. The molecule has 1 aromatic carbocycles. The third-order valence-corrected chi connectivity index (χ3v) is 6.77. The number of morpholine rings is 1. The maximum atomic E-state index is 13.3. The normalized spacial score (nSPS) is 14.3. The Labute approximate surface area is 218 Å². The van der Waals surface area contributed by atoms with Crippen LogP contribution in [0, 0.1) is 0 Å². The summed E-state index contributed by atoms with van der Waals surface area (Å²) >= 11 is 0. The van der Waals surface area contributed by atoms with Gasteiger partial charge in [0.2, 0.25) is 0 Å². The Bertz CT molecular complexity index is 1340. The maximum absolute atomic E-state index is 13.3. The molecule has 1 saturated heterocycles. The topological polar surface area (TPSA) is 120 Å². The van der Waals surface area contributed by atoms with Crippen molar-refractivity contribution in [3.8, 4) is 22.6 Å². The predicted molar refractivity (Wildman–Crippen MR) is 139 cm³/mol. The van der Waals surface area contributed by atoms with Crippen LogP contribution in [0.4, 0.5) is 8.78 Å². The third-order valence-electron chi connectivity index (χ3n) is 6.77. The van der Waals surface area contributed by atoms with E-state index in [0.717, 1.165) is 32.4 Å². The summed E-state index contributed by atoms with van der Waals surface area (Å²) in [6.07, 6.45) is 4.81. The number of ether oxygens (including phenoxy) is 2. The van der Waals surface area contributed by atoms with E-state index >= 15 is 0 Å². The van der Waals surface area contributed by atoms with Crippen LogP contribution >= 0.6 is 0 Å². The molecule has 0 spiro atoms. The van der Waals surface area contributed by atoms with Gasteiger partial charge in [0.25, 0.3) is 11.5 Å². The van der Waals surface area contributed by atoms with Crippen LogP contribution in [0.1, 0.15) is 42.1 Å². The zero-order chi connectivity index (χ0) is 27.2. The van der Waals surface area contributed by atoms with E-state index < -0.39 is 29.4 Å².